The number of amides is 2. The van der Waals surface area contributed by atoms with Crippen LogP contribution >= 0.6 is 0 Å². The van der Waals surface area contributed by atoms with Gasteiger partial charge >= 0.3 is 0 Å². The van der Waals surface area contributed by atoms with E-state index in [1.54, 1.807) is 6.92 Å². The fraction of sp³-hybridized carbons (Fsp3) is 0.400. The van der Waals surface area contributed by atoms with Gasteiger partial charge in [-0.2, -0.15) is 0 Å². The van der Waals surface area contributed by atoms with E-state index in [1.807, 2.05) is 0 Å². The normalized spacial score (nSPS) is 16.1. The number of nitrogens with two attached hydrogens (primary N) is 1. The summed E-state index contributed by atoms with van der Waals surface area (Å²) in [5, 5.41) is 2.47. The van der Waals surface area contributed by atoms with Crippen molar-refractivity contribution in [1.29, 1.82) is 0 Å². The Morgan fingerprint density at radius 2 is 2.23 bits per heavy atom. The zero-order valence-corrected chi connectivity index (χ0v) is 12.5. The van der Waals surface area contributed by atoms with Gasteiger partial charge < -0.3 is 20.7 Å². The first-order valence-corrected chi connectivity index (χ1v) is 6.89. The molecular formula is C15H18FN3O3. The Hall–Kier alpha value is -2.44. The highest BCUT2D eigenvalue weighted by molar-refractivity contribution is 6.01. The van der Waals surface area contributed by atoms with Crippen molar-refractivity contribution in [2.75, 3.05) is 12.8 Å². The third-order valence-electron chi connectivity index (χ3n) is 4.05. The van der Waals surface area contributed by atoms with Gasteiger partial charge in [-0.3, -0.25) is 9.59 Å². The molecule has 2 rings (SSSR count). The highest BCUT2D eigenvalue weighted by Crippen LogP contribution is 2.34. The van der Waals surface area contributed by atoms with Crippen LogP contribution in [0.5, 0.6) is 0 Å². The minimum Gasteiger partial charge on any atom is -0.398 e. The molecule has 1 atom stereocenters. The SMILES string of the molecule is CNC(=O)CC[C@@](C)(C=O)N1Cc2c(N)cc(F)cc2C1=O. The van der Waals surface area contributed by atoms with E-state index in [4.69, 9.17) is 5.73 Å². The van der Waals surface area contributed by atoms with Crippen molar-refractivity contribution in [1.82, 2.24) is 10.2 Å². The van der Waals surface area contributed by atoms with E-state index >= 15 is 0 Å². The molecule has 22 heavy (non-hydrogen) atoms. The van der Waals surface area contributed by atoms with Crippen molar-refractivity contribution in [2.45, 2.75) is 31.8 Å². The molecule has 1 heterocycles. The average Bonchev–Trinajstić information content (AvgIpc) is 2.82. The maximum absolute atomic E-state index is 13.4. The molecule has 0 unspecified atom stereocenters. The molecule has 6 nitrogen and oxygen atoms in total. The van der Waals surface area contributed by atoms with E-state index in [0.29, 0.717) is 11.8 Å². The number of nitrogen functional groups attached to an aromatic ring is 1. The van der Waals surface area contributed by atoms with E-state index in [1.165, 1.54) is 11.9 Å². The molecule has 0 saturated heterocycles. The number of halogens is 1. The Bertz CT molecular complexity index is 647. The molecule has 2 amide bonds. The second kappa shape index (κ2) is 5.75. The van der Waals surface area contributed by atoms with Gasteiger partial charge in [-0.15, -0.1) is 0 Å². The summed E-state index contributed by atoms with van der Waals surface area (Å²) in [7, 11) is 1.50. The number of nitrogens with zero attached hydrogens (tertiary/aromatic N) is 1. The van der Waals surface area contributed by atoms with E-state index in [9.17, 15) is 18.8 Å². The third kappa shape index (κ3) is 2.66. The van der Waals surface area contributed by atoms with Crippen LogP contribution in [0.3, 0.4) is 0 Å². The van der Waals surface area contributed by atoms with Crippen molar-refractivity contribution >= 4 is 23.8 Å². The predicted octanol–water partition coefficient (Wildman–Crippen LogP) is 0.847. The van der Waals surface area contributed by atoms with E-state index in [-0.39, 0.29) is 36.5 Å². The van der Waals surface area contributed by atoms with Gasteiger partial charge in [-0.05, 0) is 25.5 Å². The predicted molar refractivity (Wildman–Crippen MR) is 78.5 cm³/mol. The molecule has 1 aliphatic rings. The van der Waals surface area contributed by atoms with Crippen molar-refractivity contribution in [3.05, 3.63) is 29.1 Å². The minimum atomic E-state index is -1.15. The lowest BCUT2D eigenvalue weighted by Crippen LogP contribution is -2.48. The van der Waals surface area contributed by atoms with Gasteiger partial charge in [0.25, 0.3) is 5.91 Å². The summed E-state index contributed by atoms with van der Waals surface area (Å²) in [5.41, 5.74) is 5.48. The lowest BCUT2D eigenvalue weighted by molar-refractivity contribution is -0.122. The molecule has 0 aliphatic carbocycles. The molecule has 0 bridgehead atoms. The van der Waals surface area contributed by atoms with Gasteiger partial charge in [0.05, 0.1) is 5.54 Å². The smallest absolute Gasteiger partial charge is 0.255 e. The summed E-state index contributed by atoms with van der Waals surface area (Å²) >= 11 is 0. The van der Waals surface area contributed by atoms with Crippen LogP contribution in [0.25, 0.3) is 0 Å². The molecule has 1 aliphatic heterocycles. The van der Waals surface area contributed by atoms with E-state index < -0.39 is 17.3 Å². The largest absolute Gasteiger partial charge is 0.398 e. The van der Waals surface area contributed by atoms with Gasteiger partial charge in [-0.25, -0.2) is 4.39 Å². The first-order valence-electron chi connectivity index (χ1n) is 6.89. The van der Waals surface area contributed by atoms with Crippen LogP contribution in [-0.2, 0) is 16.1 Å². The molecule has 0 radical (unpaired) electrons. The van der Waals surface area contributed by atoms with Gasteiger partial charge in [0.15, 0.2) is 0 Å². The average molecular weight is 307 g/mol. The van der Waals surface area contributed by atoms with Crippen molar-refractivity contribution < 1.29 is 18.8 Å². The molecule has 0 fully saturated rings. The van der Waals surface area contributed by atoms with Crippen molar-refractivity contribution in [3.8, 4) is 0 Å². The molecule has 1 aromatic rings. The Kier molecular flexibility index (Phi) is 4.16. The number of nitrogens with one attached hydrogen (secondary N) is 1. The second-order valence-corrected chi connectivity index (χ2v) is 5.56. The lowest BCUT2D eigenvalue weighted by Gasteiger charge is -2.33. The second-order valence-electron chi connectivity index (χ2n) is 5.56. The number of carbonyl (C=O) groups is 3. The molecule has 0 saturated carbocycles. The van der Waals surface area contributed by atoms with Crippen LogP contribution in [0.1, 0.15) is 35.7 Å². The van der Waals surface area contributed by atoms with Crippen LogP contribution in [0, 0.1) is 5.82 Å². The van der Waals surface area contributed by atoms with E-state index in [2.05, 4.69) is 5.32 Å². The highest BCUT2D eigenvalue weighted by atomic mass is 19.1. The summed E-state index contributed by atoms with van der Waals surface area (Å²) < 4.78 is 13.4. The fourth-order valence-corrected chi connectivity index (χ4v) is 2.56. The molecule has 0 aromatic heterocycles. The van der Waals surface area contributed by atoms with Gasteiger partial charge in [0.2, 0.25) is 5.91 Å². The Morgan fingerprint density at radius 1 is 1.55 bits per heavy atom. The van der Waals surface area contributed by atoms with Gasteiger partial charge in [0, 0.05) is 36.8 Å². The summed E-state index contributed by atoms with van der Waals surface area (Å²) in [6, 6.07) is 2.27. The standard InChI is InChI=1S/C15H18FN3O3/c1-15(8-20,4-3-13(21)18-2)19-7-11-10(14(19)22)5-9(16)6-12(11)17/h5-6,8H,3-4,7,17H2,1-2H3,(H,18,21)/t15-/m0/s1. The molecule has 0 spiro atoms. The topological polar surface area (TPSA) is 92.5 Å². The minimum absolute atomic E-state index is 0.107. The maximum Gasteiger partial charge on any atom is 0.255 e. The zero-order chi connectivity index (χ0) is 16.5. The summed E-state index contributed by atoms with van der Waals surface area (Å²) in [5.74, 6) is -1.26. The van der Waals surface area contributed by atoms with Crippen molar-refractivity contribution in [3.63, 3.8) is 0 Å². The summed E-state index contributed by atoms with van der Waals surface area (Å²) in [6.07, 6.45) is 0.931. The van der Waals surface area contributed by atoms with Gasteiger partial charge in [0.1, 0.15) is 12.1 Å². The maximum atomic E-state index is 13.4. The number of hydrogen-bond acceptors (Lipinski definition) is 4. The Balaban J connectivity index is 2.29. The number of benzene rings is 1. The zero-order valence-electron chi connectivity index (χ0n) is 12.5. The lowest BCUT2D eigenvalue weighted by atomic mass is 9.95. The van der Waals surface area contributed by atoms with Crippen LogP contribution in [0.4, 0.5) is 10.1 Å². The molecular weight excluding hydrogens is 289 g/mol. The molecule has 7 heteroatoms. The monoisotopic (exact) mass is 307 g/mol. The quantitative estimate of drug-likeness (QED) is 0.623. The van der Waals surface area contributed by atoms with Gasteiger partial charge in [-0.1, -0.05) is 0 Å². The third-order valence-corrected chi connectivity index (χ3v) is 4.05. The number of rotatable bonds is 5. The Morgan fingerprint density at radius 3 is 2.82 bits per heavy atom. The summed E-state index contributed by atoms with van der Waals surface area (Å²) in [6.45, 7) is 1.71. The first kappa shape index (κ1) is 15.9. The number of carbonyl (C=O) groups excluding carboxylic acids is 3. The van der Waals surface area contributed by atoms with Crippen LogP contribution in [0.15, 0.2) is 12.1 Å². The number of anilines is 1. The number of hydrogen-bond donors (Lipinski definition) is 2. The Labute approximate surface area is 127 Å². The number of aldehydes is 1. The van der Waals surface area contributed by atoms with Crippen LogP contribution in [-0.4, -0.2) is 35.6 Å². The highest BCUT2D eigenvalue weighted by Gasteiger charge is 2.41. The van der Waals surface area contributed by atoms with Crippen LogP contribution in [0.2, 0.25) is 0 Å². The first-order chi connectivity index (χ1) is 10.3. The van der Waals surface area contributed by atoms with Crippen LogP contribution < -0.4 is 11.1 Å². The summed E-state index contributed by atoms with van der Waals surface area (Å²) in [4.78, 5) is 36.7. The molecule has 3 N–H and O–H groups in total. The molecule has 1 aromatic carbocycles. The fourth-order valence-electron chi connectivity index (χ4n) is 2.56. The number of fused-ring (bicyclic) bond motifs is 1. The van der Waals surface area contributed by atoms with E-state index in [0.717, 1.165) is 12.1 Å². The van der Waals surface area contributed by atoms with Crippen molar-refractivity contribution in [2.24, 2.45) is 0 Å². The molecule has 118 valence electrons.